The zero-order valence-corrected chi connectivity index (χ0v) is 17.1. The maximum atomic E-state index is 14.0. The largest absolute Gasteiger partial charge is 0.490 e. The van der Waals surface area contributed by atoms with Gasteiger partial charge < -0.3 is 9.47 Å². The number of aryl methyl sites for hydroxylation is 1. The molecule has 1 heterocycles. The number of halogens is 3. The molecule has 0 spiro atoms. The highest BCUT2D eigenvalue weighted by Gasteiger charge is 2.31. The fourth-order valence-corrected chi connectivity index (χ4v) is 4.88. The van der Waals surface area contributed by atoms with Crippen molar-refractivity contribution in [3.63, 3.8) is 0 Å². The minimum Gasteiger partial charge on any atom is -0.490 e. The Morgan fingerprint density at radius 1 is 1.07 bits per heavy atom. The Hall–Kier alpha value is -1.23. The Morgan fingerprint density at radius 3 is 2.39 bits per heavy atom. The van der Waals surface area contributed by atoms with E-state index in [1.165, 1.54) is 57.6 Å². The molecule has 0 amide bonds. The molecule has 2 unspecified atom stereocenters. The van der Waals surface area contributed by atoms with Gasteiger partial charge in [0.1, 0.15) is 18.2 Å². The van der Waals surface area contributed by atoms with Gasteiger partial charge in [0.25, 0.3) is 6.43 Å². The van der Waals surface area contributed by atoms with Crippen LogP contribution in [0.1, 0.15) is 75.8 Å². The molecule has 0 aromatic heterocycles. The third-order valence-electron chi connectivity index (χ3n) is 6.64. The van der Waals surface area contributed by atoms with Crippen molar-refractivity contribution in [2.75, 3.05) is 13.2 Å². The summed E-state index contributed by atoms with van der Waals surface area (Å²) in [5.74, 6) is 1.32. The minimum atomic E-state index is -2.89. The molecular formula is C23H33F3O2. The van der Waals surface area contributed by atoms with E-state index in [1.54, 1.807) is 0 Å². The first-order valence-electron chi connectivity index (χ1n) is 10.8. The van der Waals surface area contributed by atoms with Gasteiger partial charge in [-0.3, -0.25) is 0 Å². The standard InChI is InChI=1S/C23H33F3O2/c1-3-4-16-6-8-17(9-7-16)18-10-11-19(27-13-18)14-28-20-12-5-15(2)22(24)21(20)23(25)26/h5,12,16-19,23H,3-4,6-11,13-14H2,1-2H3. The lowest BCUT2D eigenvalue weighted by molar-refractivity contribution is -0.0564. The van der Waals surface area contributed by atoms with Crippen molar-refractivity contribution in [1.82, 2.24) is 0 Å². The van der Waals surface area contributed by atoms with Gasteiger partial charge >= 0.3 is 0 Å². The van der Waals surface area contributed by atoms with E-state index in [-0.39, 0.29) is 24.0 Å². The van der Waals surface area contributed by atoms with Gasteiger partial charge in [0.05, 0.1) is 18.3 Å². The molecule has 158 valence electrons. The van der Waals surface area contributed by atoms with Gasteiger partial charge in [-0.15, -0.1) is 0 Å². The monoisotopic (exact) mass is 398 g/mol. The highest BCUT2D eigenvalue weighted by molar-refractivity contribution is 5.39. The summed E-state index contributed by atoms with van der Waals surface area (Å²) in [7, 11) is 0. The predicted octanol–water partition coefficient (Wildman–Crippen LogP) is 6.85. The second-order valence-electron chi connectivity index (χ2n) is 8.58. The van der Waals surface area contributed by atoms with Gasteiger partial charge in [0.2, 0.25) is 0 Å². The molecule has 2 nitrogen and oxygen atoms in total. The van der Waals surface area contributed by atoms with Crippen molar-refractivity contribution in [2.24, 2.45) is 17.8 Å². The molecule has 2 aliphatic rings. The van der Waals surface area contributed by atoms with Gasteiger partial charge in [-0.2, -0.15) is 0 Å². The quantitative estimate of drug-likeness (QED) is 0.500. The molecular weight excluding hydrogens is 365 g/mol. The summed E-state index contributed by atoms with van der Waals surface area (Å²) >= 11 is 0. The molecule has 1 aliphatic carbocycles. The van der Waals surface area contributed by atoms with E-state index in [2.05, 4.69) is 6.92 Å². The zero-order chi connectivity index (χ0) is 20.1. The van der Waals surface area contributed by atoms with E-state index in [1.807, 2.05) is 0 Å². The van der Waals surface area contributed by atoms with E-state index < -0.39 is 17.8 Å². The topological polar surface area (TPSA) is 18.5 Å². The molecule has 2 atom stereocenters. The first kappa shape index (κ1) is 21.5. The van der Waals surface area contributed by atoms with Crippen LogP contribution in [0.5, 0.6) is 5.75 Å². The summed E-state index contributed by atoms with van der Waals surface area (Å²) in [5.41, 5.74) is -0.439. The van der Waals surface area contributed by atoms with E-state index in [4.69, 9.17) is 9.47 Å². The average Bonchev–Trinajstić information content (AvgIpc) is 2.70. The summed E-state index contributed by atoms with van der Waals surface area (Å²) in [6, 6.07) is 2.91. The Balaban J connectivity index is 1.46. The highest BCUT2D eigenvalue weighted by Crippen LogP contribution is 2.39. The van der Waals surface area contributed by atoms with Gasteiger partial charge in [0.15, 0.2) is 0 Å². The fourth-order valence-electron chi connectivity index (χ4n) is 4.88. The molecule has 0 bridgehead atoms. The molecule has 0 N–H and O–H groups in total. The Kier molecular flexibility index (Phi) is 7.67. The normalized spacial score (nSPS) is 28.5. The lowest BCUT2D eigenvalue weighted by Crippen LogP contribution is -2.35. The molecule has 1 aliphatic heterocycles. The molecule has 0 radical (unpaired) electrons. The number of benzene rings is 1. The van der Waals surface area contributed by atoms with E-state index in [0.29, 0.717) is 5.92 Å². The van der Waals surface area contributed by atoms with Crippen molar-refractivity contribution in [3.05, 3.63) is 29.1 Å². The highest BCUT2D eigenvalue weighted by atomic mass is 19.3. The maximum absolute atomic E-state index is 14.0. The second kappa shape index (κ2) is 10.00. The van der Waals surface area contributed by atoms with Gasteiger partial charge in [-0.25, -0.2) is 13.2 Å². The van der Waals surface area contributed by atoms with Crippen LogP contribution in [0.15, 0.2) is 12.1 Å². The van der Waals surface area contributed by atoms with Crippen LogP contribution in [-0.2, 0) is 4.74 Å². The summed E-state index contributed by atoms with van der Waals surface area (Å²) < 4.78 is 52.0. The first-order valence-corrected chi connectivity index (χ1v) is 10.8. The van der Waals surface area contributed by atoms with E-state index in [0.717, 1.165) is 31.3 Å². The van der Waals surface area contributed by atoms with Crippen LogP contribution in [0.4, 0.5) is 13.2 Å². The van der Waals surface area contributed by atoms with Crippen LogP contribution < -0.4 is 4.74 Å². The van der Waals surface area contributed by atoms with Gasteiger partial charge in [0, 0.05) is 0 Å². The first-order chi connectivity index (χ1) is 13.5. The summed E-state index contributed by atoms with van der Waals surface area (Å²) in [6.45, 7) is 4.66. The summed E-state index contributed by atoms with van der Waals surface area (Å²) in [4.78, 5) is 0. The van der Waals surface area contributed by atoms with Crippen molar-refractivity contribution < 1.29 is 22.6 Å². The molecule has 1 aromatic carbocycles. The number of hydrogen-bond donors (Lipinski definition) is 0. The number of rotatable bonds is 7. The van der Waals surface area contributed by atoms with Crippen LogP contribution >= 0.6 is 0 Å². The molecule has 1 aromatic rings. The molecule has 28 heavy (non-hydrogen) atoms. The number of hydrogen-bond acceptors (Lipinski definition) is 2. The Labute approximate surface area is 166 Å². The molecule has 5 heteroatoms. The SMILES string of the molecule is CCCC1CCC(C2CCC(COc3ccc(C)c(F)c3C(F)F)OC2)CC1. The van der Waals surface area contributed by atoms with Crippen molar-refractivity contribution >= 4 is 0 Å². The van der Waals surface area contributed by atoms with E-state index in [9.17, 15) is 13.2 Å². The average molecular weight is 399 g/mol. The minimum absolute atomic E-state index is 0.0712. The van der Waals surface area contributed by atoms with Crippen molar-refractivity contribution in [2.45, 2.75) is 77.7 Å². The summed E-state index contributed by atoms with van der Waals surface area (Å²) in [5, 5.41) is 0. The van der Waals surface area contributed by atoms with Gasteiger partial charge in [-0.1, -0.05) is 38.7 Å². The molecule has 3 rings (SSSR count). The molecule has 2 fully saturated rings. The van der Waals surface area contributed by atoms with Gasteiger partial charge in [-0.05, 0) is 62.0 Å². The second-order valence-corrected chi connectivity index (χ2v) is 8.58. The summed E-state index contributed by atoms with van der Waals surface area (Å²) in [6.07, 6.45) is 6.90. The Bertz CT molecular complexity index is 619. The fraction of sp³-hybridized carbons (Fsp3) is 0.739. The number of ether oxygens (including phenoxy) is 2. The van der Waals surface area contributed by atoms with Crippen molar-refractivity contribution in [1.29, 1.82) is 0 Å². The zero-order valence-electron chi connectivity index (χ0n) is 17.1. The predicted molar refractivity (Wildman–Crippen MR) is 104 cm³/mol. The van der Waals surface area contributed by atoms with Crippen LogP contribution in [0.3, 0.4) is 0 Å². The maximum Gasteiger partial charge on any atom is 0.270 e. The number of alkyl halides is 2. The Morgan fingerprint density at radius 2 is 1.79 bits per heavy atom. The van der Waals surface area contributed by atoms with Crippen LogP contribution in [0, 0.1) is 30.5 Å². The van der Waals surface area contributed by atoms with Crippen LogP contribution in [0.25, 0.3) is 0 Å². The lowest BCUT2D eigenvalue weighted by Gasteiger charge is -2.37. The molecule has 1 saturated heterocycles. The lowest BCUT2D eigenvalue weighted by atomic mass is 9.73. The molecule has 1 saturated carbocycles. The third kappa shape index (κ3) is 5.22. The van der Waals surface area contributed by atoms with Crippen molar-refractivity contribution in [3.8, 4) is 5.75 Å². The van der Waals surface area contributed by atoms with Crippen LogP contribution in [-0.4, -0.2) is 19.3 Å². The van der Waals surface area contributed by atoms with E-state index >= 15 is 0 Å². The third-order valence-corrected chi connectivity index (χ3v) is 6.64. The van der Waals surface area contributed by atoms with Crippen LogP contribution in [0.2, 0.25) is 0 Å². The smallest absolute Gasteiger partial charge is 0.270 e.